The normalized spacial score (nSPS) is 22.3. The Balaban J connectivity index is 1.90. The average Bonchev–Trinajstić information content (AvgIpc) is 2.41. The van der Waals surface area contributed by atoms with E-state index in [1.807, 2.05) is 0 Å². The second-order valence-corrected chi connectivity index (χ2v) is 6.08. The molecule has 0 radical (unpaired) electrons. The van der Waals surface area contributed by atoms with Crippen molar-refractivity contribution in [1.82, 2.24) is 15.1 Å². The molecular formula is C14H19F2N3O3. The second-order valence-electron chi connectivity index (χ2n) is 6.08. The molecule has 0 N–H and O–H groups in total. The number of amides is 1. The summed E-state index contributed by atoms with van der Waals surface area (Å²) in [7, 11) is 0. The van der Waals surface area contributed by atoms with Gasteiger partial charge in [-0.1, -0.05) is 0 Å². The highest BCUT2D eigenvalue weighted by atomic mass is 19.1. The van der Waals surface area contributed by atoms with E-state index in [0.717, 1.165) is 6.07 Å². The molecule has 122 valence electrons. The fourth-order valence-electron chi connectivity index (χ4n) is 2.03. The van der Waals surface area contributed by atoms with Crippen molar-refractivity contribution in [1.29, 1.82) is 0 Å². The van der Waals surface area contributed by atoms with E-state index in [0.29, 0.717) is 13.0 Å². The molecule has 2 heterocycles. The standard InChI is InChI=1S/C14H19F2N3O3/c1-14(2,3)22-13(20)19-7-6-10(9(15)8-19)21-12-5-4-11(16)17-18-12/h4-5,9-10H,6-8H2,1-3H3/t9-,10+/m1/s1. The first-order valence-electron chi connectivity index (χ1n) is 7.02. The predicted molar refractivity (Wildman–Crippen MR) is 73.7 cm³/mol. The molecule has 1 aromatic heterocycles. The summed E-state index contributed by atoms with van der Waals surface area (Å²) in [5.74, 6) is -0.677. The number of aromatic nitrogens is 2. The van der Waals surface area contributed by atoms with Gasteiger partial charge in [-0.3, -0.25) is 0 Å². The van der Waals surface area contributed by atoms with Gasteiger partial charge in [0, 0.05) is 25.1 Å². The lowest BCUT2D eigenvalue weighted by atomic mass is 10.1. The van der Waals surface area contributed by atoms with E-state index in [2.05, 4.69) is 10.2 Å². The van der Waals surface area contributed by atoms with Crippen LogP contribution in [0, 0.1) is 5.95 Å². The van der Waals surface area contributed by atoms with E-state index in [9.17, 15) is 13.6 Å². The van der Waals surface area contributed by atoms with E-state index in [-0.39, 0.29) is 12.4 Å². The summed E-state index contributed by atoms with van der Waals surface area (Å²) in [6.45, 7) is 5.45. The Kier molecular flexibility index (Phi) is 4.77. The zero-order valence-electron chi connectivity index (χ0n) is 12.8. The minimum atomic E-state index is -1.38. The number of nitrogens with zero attached hydrogens (tertiary/aromatic N) is 3. The van der Waals surface area contributed by atoms with Crippen molar-refractivity contribution in [2.24, 2.45) is 0 Å². The first-order valence-corrected chi connectivity index (χ1v) is 7.02. The van der Waals surface area contributed by atoms with Gasteiger partial charge in [0.15, 0.2) is 6.17 Å². The maximum Gasteiger partial charge on any atom is 0.410 e. The van der Waals surface area contributed by atoms with Crippen LogP contribution in [0.3, 0.4) is 0 Å². The Morgan fingerprint density at radius 1 is 1.36 bits per heavy atom. The molecule has 0 saturated carbocycles. The van der Waals surface area contributed by atoms with Crippen LogP contribution in [0.5, 0.6) is 5.88 Å². The Labute approximate surface area is 127 Å². The van der Waals surface area contributed by atoms with E-state index < -0.39 is 29.9 Å². The van der Waals surface area contributed by atoms with Crippen LogP contribution >= 0.6 is 0 Å². The highest BCUT2D eigenvalue weighted by Crippen LogP contribution is 2.21. The first-order chi connectivity index (χ1) is 10.2. The van der Waals surface area contributed by atoms with Crippen molar-refractivity contribution in [3.63, 3.8) is 0 Å². The fraction of sp³-hybridized carbons (Fsp3) is 0.643. The second kappa shape index (κ2) is 6.41. The Morgan fingerprint density at radius 3 is 2.64 bits per heavy atom. The molecular weight excluding hydrogens is 296 g/mol. The van der Waals surface area contributed by atoms with E-state index >= 15 is 0 Å². The Bertz CT molecular complexity index is 519. The number of alkyl halides is 1. The van der Waals surface area contributed by atoms with Gasteiger partial charge in [-0.25, -0.2) is 9.18 Å². The van der Waals surface area contributed by atoms with Crippen LogP contribution in [0.15, 0.2) is 12.1 Å². The van der Waals surface area contributed by atoms with E-state index in [1.54, 1.807) is 20.8 Å². The highest BCUT2D eigenvalue weighted by Gasteiger charge is 2.35. The average molecular weight is 315 g/mol. The Hall–Kier alpha value is -1.99. The van der Waals surface area contributed by atoms with Crippen molar-refractivity contribution in [3.05, 3.63) is 18.1 Å². The summed E-state index contributed by atoms with van der Waals surface area (Å²) in [6.07, 6.45) is -2.39. The summed E-state index contributed by atoms with van der Waals surface area (Å²) in [6, 6.07) is 2.38. The number of piperidine rings is 1. The molecule has 0 unspecified atom stereocenters. The topological polar surface area (TPSA) is 64.5 Å². The molecule has 0 aromatic carbocycles. The van der Waals surface area contributed by atoms with Gasteiger partial charge >= 0.3 is 6.09 Å². The van der Waals surface area contributed by atoms with E-state index in [1.165, 1.54) is 11.0 Å². The molecule has 2 rings (SSSR count). The quantitative estimate of drug-likeness (QED) is 0.838. The molecule has 22 heavy (non-hydrogen) atoms. The SMILES string of the molecule is CC(C)(C)OC(=O)N1CC[C@H](Oc2ccc(F)nn2)[C@H](F)C1. The number of hydrogen-bond acceptors (Lipinski definition) is 5. The third-order valence-corrected chi connectivity index (χ3v) is 3.01. The molecule has 8 heteroatoms. The van der Waals surface area contributed by atoms with Crippen LogP contribution in [0.2, 0.25) is 0 Å². The molecule has 2 atom stereocenters. The van der Waals surface area contributed by atoms with Crippen LogP contribution < -0.4 is 4.74 Å². The minimum Gasteiger partial charge on any atom is -0.470 e. The number of ether oxygens (including phenoxy) is 2. The third-order valence-electron chi connectivity index (χ3n) is 3.01. The van der Waals surface area contributed by atoms with Crippen LogP contribution in [-0.4, -0.2) is 52.2 Å². The molecule has 0 bridgehead atoms. The van der Waals surface area contributed by atoms with Crippen LogP contribution in [0.25, 0.3) is 0 Å². The number of carbonyl (C=O) groups is 1. The van der Waals surface area contributed by atoms with Crippen molar-refractivity contribution in [3.8, 4) is 5.88 Å². The first kappa shape index (κ1) is 16.4. The number of rotatable bonds is 2. The van der Waals surface area contributed by atoms with Crippen LogP contribution in [-0.2, 0) is 4.74 Å². The molecule has 1 fully saturated rings. The van der Waals surface area contributed by atoms with Crippen LogP contribution in [0.4, 0.5) is 13.6 Å². The summed E-state index contributed by atoms with van der Waals surface area (Å²) >= 11 is 0. The number of carbonyl (C=O) groups excluding carboxylic acids is 1. The van der Waals surface area contributed by atoms with E-state index in [4.69, 9.17) is 9.47 Å². The van der Waals surface area contributed by atoms with Gasteiger partial charge in [0.25, 0.3) is 0 Å². The van der Waals surface area contributed by atoms with Crippen molar-refractivity contribution < 1.29 is 23.0 Å². The van der Waals surface area contributed by atoms with Gasteiger partial charge in [0.05, 0.1) is 6.54 Å². The molecule has 0 spiro atoms. The molecule has 1 aromatic rings. The highest BCUT2D eigenvalue weighted by molar-refractivity contribution is 5.68. The molecule has 1 amide bonds. The Morgan fingerprint density at radius 2 is 2.09 bits per heavy atom. The number of likely N-dealkylation sites (tertiary alicyclic amines) is 1. The summed E-state index contributed by atoms with van der Waals surface area (Å²) in [4.78, 5) is 13.2. The molecule has 1 aliphatic heterocycles. The molecule has 1 aliphatic rings. The lowest BCUT2D eigenvalue weighted by Crippen LogP contribution is -2.50. The molecule has 0 aliphatic carbocycles. The zero-order chi connectivity index (χ0) is 16.3. The van der Waals surface area contributed by atoms with Gasteiger partial charge in [-0.15, -0.1) is 10.2 Å². The van der Waals surface area contributed by atoms with Gasteiger partial charge < -0.3 is 14.4 Å². The molecule has 1 saturated heterocycles. The summed E-state index contributed by atoms with van der Waals surface area (Å²) in [5, 5.41) is 6.69. The minimum absolute atomic E-state index is 0.0553. The van der Waals surface area contributed by atoms with Gasteiger partial charge in [0.1, 0.15) is 11.7 Å². The smallest absolute Gasteiger partial charge is 0.410 e. The summed E-state index contributed by atoms with van der Waals surface area (Å²) < 4.78 is 37.4. The van der Waals surface area contributed by atoms with Crippen molar-refractivity contribution >= 4 is 6.09 Å². The monoisotopic (exact) mass is 315 g/mol. The van der Waals surface area contributed by atoms with Crippen LogP contribution in [0.1, 0.15) is 27.2 Å². The summed E-state index contributed by atoms with van der Waals surface area (Å²) in [5.41, 5.74) is -0.625. The molecule has 6 nitrogen and oxygen atoms in total. The zero-order valence-corrected chi connectivity index (χ0v) is 12.8. The third kappa shape index (κ3) is 4.51. The van der Waals surface area contributed by atoms with Gasteiger partial charge in [-0.2, -0.15) is 4.39 Å². The van der Waals surface area contributed by atoms with Crippen molar-refractivity contribution in [2.75, 3.05) is 13.1 Å². The fourth-order valence-corrected chi connectivity index (χ4v) is 2.03. The van der Waals surface area contributed by atoms with Gasteiger partial charge in [0.2, 0.25) is 11.8 Å². The predicted octanol–water partition coefficient (Wildman–Crippen LogP) is 2.34. The van der Waals surface area contributed by atoms with Crippen molar-refractivity contribution in [2.45, 2.75) is 45.1 Å². The lowest BCUT2D eigenvalue weighted by Gasteiger charge is -2.35. The lowest BCUT2D eigenvalue weighted by molar-refractivity contribution is -0.0117. The number of halogens is 2. The largest absolute Gasteiger partial charge is 0.470 e. The maximum atomic E-state index is 14.2. The van der Waals surface area contributed by atoms with Gasteiger partial charge in [-0.05, 0) is 20.8 Å². The maximum absolute atomic E-state index is 14.2. The number of hydrogen-bond donors (Lipinski definition) is 0.